The quantitative estimate of drug-likeness (QED) is 0.442. The Kier molecular flexibility index (Phi) is 5.16. The summed E-state index contributed by atoms with van der Waals surface area (Å²) in [5.74, 6) is -2.58. The highest BCUT2D eigenvalue weighted by molar-refractivity contribution is 5.89. The van der Waals surface area contributed by atoms with Gasteiger partial charge < -0.3 is 4.74 Å². The van der Waals surface area contributed by atoms with Gasteiger partial charge in [0, 0.05) is 23.4 Å². The fraction of sp³-hybridized carbons (Fsp3) is 0.0435. The molecule has 0 atom stereocenters. The van der Waals surface area contributed by atoms with Gasteiger partial charge in [-0.25, -0.2) is 18.3 Å². The van der Waals surface area contributed by atoms with Crippen LogP contribution >= 0.6 is 0 Å². The zero-order chi connectivity index (χ0) is 20.2. The molecule has 6 heteroatoms. The van der Waals surface area contributed by atoms with Crippen LogP contribution in [0.3, 0.4) is 0 Å². The van der Waals surface area contributed by atoms with E-state index >= 15 is 0 Å². The van der Waals surface area contributed by atoms with Gasteiger partial charge in [0.1, 0.15) is 18.2 Å². The number of para-hydroxylation sites is 1. The molecule has 0 unspecified atom stereocenters. The van der Waals surface area contributed by atoms with E-state index in [4.69, 9.17) is 4.74 Å². The Labute approximate surface area is 166 Å². The maximum absolute atomic E-state index is 13.8. The van der Waals surface area contributed by atoms with Gasteiger partial charge in [-0.05, 0) is 24.3 Å². The van der Waals surface area contributed by atoms with Crippen LogP contribution in [0.25, 0.3) is 16.9 Å². The molecule has 4 rings (SSSR count). The lowest BCUT2D eigenvalue weighted by Gasteiger charge is -2.06. The number of hydrogen-bond donors (Lipinski definition) is 0. The van der Waals surface area contributed by atoms with E-state index in [1.807, 2.05) is 60.7 Å². The molecule has 0 amide bonds. The maximum Gasteiger partial charge on any atom is 0.341 e. The van der Waals surface area contributed by atoms with E-state index in [0.717, 1.165) is 23.4 Å². The molecular weight excluding hydrogens is 374 g/mol. The van der Waals surface area contributed by atoms with Crippen molar-refractivity contribution in [1.29, 1.82) is 0 Å². The molecule has 0 saturated carbocycles. The molecule has 0 aliphatic carbocycles. The smallest absolute Gasteiger partial charge is 0.341 e. The predicted octanol–water partition coefficient (Wildman–Crippen LogP) is 5.17. The van der Waals surface area contributed by atoms with Crippen molar-refractivity contribution in [2.45, 2.75) is 6.61 Å². The zero-order valence-corrected chi connectivity index (χ0v) is 15.3. The summed E-state index contributed by atoms with van der Waals surface area (Å²) in [5, 5.41) is 4.63. The normalized spacial score (nSPS) is 10.7. The van der Waals surface area contributed by atoms with Crippen molar-refractivity contribution in [3.05, 3.63) is 108 Å². The van der Waals surface area contributed by atoms with Crippen molar-refractivity contribution in [3.8, 4) is 16.9 Å². The van der Waals surface area contributed by atoms with E-state index in [-0.39, 0.29) is 12.2 Å². The first-order chi connectivity index (χ1) is 14.1. The summed E-state index contributed by atoms with van der Waals surface area (Å²) in [6.45, 7) is -0.104. The number of carbonyl (C=O) groups is 1. The standard InChI is InChI=1S/C23H16F2N2O2/c24-18-11-12-20(21(25)13-18)23(28)29-15-17-14-27(19-9-5-2-6-10-19)26-22(17)16-7-3-1-4-8-16/h1-14H,15H2. The van der Waals surface area contributed by atoms with Gasteiger partial charge in [-0.3, -0.25) is 0 Å². The van der Waals surface area contributed by atoms with E-state index in [1.54, 1.807) is 10.9 Å². The van der Waals surface area contributed by atoms with Gasteiger partial charge in [-0.15, -0.1) is 0 Å². The van der Waals surface area contributed by atoms with Crippen molar-refractivity contribution in [2.75, 3.05) is 0 Å². The van der Waals surface area contributed by atoms with Crippen LogP contribution in [0.1, 0.15) is 15.9 Å². The van der Waals surface area contributed by atoms with Crippen LogP contribution in [0, 0.1) is 11.6 Å². The van der Waals surface area contributed by atoms with Crippen molar-refractivity contribution >= 4 is 5.97 Å². The van der Waals surface area contributed by atoms with Crippen molar-refractivity contribution in [1.82, 2.24) is 9.78 Å². The van der Waals surface area contributed by atoms with Crippen LogP contribution < -0.4 is 0 Å². The Hall–Kier alpha value is -3.80. The van der Waals surface area contributed by atoms with Crippen LogP contribution in [-0.2, 0) is 11.3 Å². The number of aromatic nitrogens is 2. The number of carbonyl (C=O) groups excluding carboxylic acids is 1. The number of rotatable bonds is 5. The maximum atomic E-state index is 13.8. The lowest BCUT2D eigenvalue weighted by molar-refractivity contribution is 0.0468. The minimum atomic E-state index is -0.960. The summed E-state index contributed by atoms with van der Waals surface area (Å²) >= 11 is 0. The molecule has 0 fully saturated rings. The Balaban J connectivity index is 1.63. The number of hydrogen-bond acceptors (Lipinski definition) is 3. The second-order valence-corrected chi connectivity index (χ2v) is 6.35. The van der Waals surface area contributed by atoms with Gasteiger partial charge in [-0.1, -0.05) is 48.5 Å². The Bertz CT molecular complexity index is 1140. The van der Waals surface area contributed by atoms with E-state index in [9.17, 15) is 13.6 Å². The fourth-order valence-corrected chi connectivity index (χ4v) is 2.94. The van der Waals surface area contributed by atoms with Gasteiger partial charge >= 0.3 is 5.97 Å². The molecule has 1 aromatic heterocycles. The Morgan fingerprint density at radius 1 is 0.931 bits per heavy atom. The van der Waals surface area contributed by atoms with Crippen LogP contribution in [0.2, 0.25) is 0 Å². The molecule has 0 aliphatic heterocycles. The second kappa shape index (κ2) is 8.06. The lowest BCUT2D eigenvalue weighted by atomic mass is 10.1. The number of halogens is 2. The first-order valence-corrected chi connectivity index (χ1v) is 8.93. The van der Waals surface area contributed by atoms with Gasteiger partial charge in [0.15, 0.2) is 0 Å². The molecule has 0 spiro atoms. The highest BCUT2D eigenvalue weighted by Crippen LogP contribution is 2.25. The zero-order valence-electron chi connectivity index (χ0n) is 15.3. The van der Waals surface area contributed by atoms with Gasteiger partial charge in [0.25, 0.3) is 0 Å². The molecule has 0 aliphatic rings. The molecule has 0 radical (unpaired) electrons. The van der Waals surface area contributed by atoms with E-state index in [2.05, 4.69) is 5.10 Å². The van der Waals surface area contributed by atoms with Crippen molar-refractivity contribution < 1.29 is 18.3 Å². The van der Waals surface area contributed by atoms with E-state index < -0.39 is 17.6 Å². The van der Waals surface area contributed by atoms with Crippen LogP contribution in [0.5, 0.6) is 0 Å². The molecule has 3 aromatic carbocycles. The minimum absolute atomic E-state index is 0.104. The van der Waals surface area contributed by atoms with Crippen LogP contribution in [-0.4, -0.2) is 15.7 Å². The van der Waals surface area contributed by atoms with Gasteiger partial charge in [0.2, 0.25) is 0 Å². The molecule has 144 valence electrons. The summed E-state index contributed by atoms with van der Waals surface area (Å²) in [7, 11) is 0. The topological polar surface area (TPSA) is 44.1 Å². The van der Waals surface area contributed by atoms with E-state index in [1.165, 1.54) is 0 Å². The average Bonchev–Trinajstić information content (AvgIpc) is 3.18. The third kappa shape index (κ3) is 4.06. The predicted molar refractivity (Wildman–Crippen MR) is 104 cm³/mol. The van der Waals surface area contributed by atoms with Gasteiger partial charge in [0.05, 0.1) is 16.9 Å². The molecule has 0 bridgehead atoms. The summed E-state index contributed by atoms with van der Waals surface area (Å²) in [6, 6.07) is 21.7. The summed E-state index contributed by atoms with van der Waals surface area (Å²) in [6.07, 6.45) is 1.77. The average molecular weight is 390 g/mol. The monoisotopic (exact) mass is 390 g/mol. The Morgan fingerprint density at radius 3 is 2.31 bits per heavy atom. The summed E-state index contributed by atoms with van der Waals surface area (Å²) in [4.78, 5) is 12.3. The third-order valence-electron chi connectivity index (χ3n) is 4.37. The molecule has 0 saturated heterocycles. The molecule has 4 aromatic rings. The highest BCUT2D eigenvalue weighted by Gasteiger charge is 2.17. The molecule has 4 nitrogen and oxygen atoms in total. The van der Waals surface area contributed by atoms with Crippen LogP contribution in [0.15, 0.2) is 85.1 Å². The second-order valence-electron chi connectivity index (χ2n) is 6.35. The Morgan fingerprint density at radius 2 is 1.62 bits per heavy atom. The molecule has 29 heavy (non-hydrogen) atoms. The van der Waals surface area contributed by atoms with E-state index in [0.29, 0.717) is 17.3 Å². The number of nitrogens with zero attached hydrogens (tertiary/aromatic N) is 2. The van der Waals surface area contributed by atoms with Crippen LogP contribution in [0.4, 0.5) is 8.78 Å². The van der Waals surface area contributed by atoms with Crippen molar-refractivity contribution in [2.24, 2.45) is 0 Å². The summed E-state index contributed by atoms with van der Waals surface area (Å²) in [5.41, 5.74) is 2.72. The van der Waals surface area contributed by atoms with Gasteiger partial charge in [-0.2, -0.15) is 5.10 Å². The number of benzene rings is 3. The fourth-order valence-electron chi connectivity index (χ4n) is 2.94. The SMILES string of the molecule is O=C(OCc1cn(-c2ccccc2)nc1-c1ccccc1)c1ccc(F)cc1F. The molecular formula is C23H16F2N2O2. The first kappa shape index (κ1) is 18.6. The molecule has 0 N–H and O–H groups in total. The first-order valence-electron chi connectivity index (χ1n) is 8.93. The number of esters is 1. The summed E-state index contributed by atoms with van der Waals surface area (Å²) < 4.78 is 33.9. The third-order valence-corrected chi connectivity index (χ3v) is 4.37. The number of ether oxygens (including phenoxy) is 1. The largest absolute Gasteiger partial charge is 0.457 e. The van der Waals surface area contributed by atoms with Crippen molar-refractivity contribution in [3.63, 3.8) is 0 Å². The highest BCUT2D eigenvalue weighted by atomic mass is 19.1. The minimum Gasteiger partial charge on any atom is -0.457 e. The molecule has 1 heterocycles. The lowest BCUT2D eigenvalue weighted by Crippen LogP contribution is -2.08.